The van der Waals surface area contributed by atoms with E-state index in [2.05, 4.69) is 0 Å². The number of aryl methyl sites for hydroxylation is 1. The van der Waals surface area contributed by atoms with Crippen LogP contribution in [0.3, 0.4) is 0 Å². The smallest absolute Gasteiger partial charge is 0.243 e. The number of carbonyl (C=O) groups is 1. The van der Waals surface area contributed by atoms with Crippen LogP contribution in [0.5, 0.6) is 5.75 Å². The van der Waals surface area contributed by atoms with Crippen LogP contribution < -0.4 is 15.4 Å². The van der Waals surface area contributed by atoms with Crippen molar-refractivity contribution in [2.75, 3.05) is 18.6 Å². The molecule has 4 nitrogen and oxygen atoms in total. The minimum absolute atomic E-state index is 0.0459. The van der Waals surface area contributed by atoms with E-state index in [1.807, 2.05) is 18.2 Å². The number of methoxy groups -OCH3 is 1. The van der Waals surface area contributed by atoms with Gasteiger partial charge in [-0.25, -0.2) is 0 Å². The standard InChI is InChI=1S/C13H18N2O2/c1-9(14)13(16)15-8-4-6-10-5-3-7-11(17-2)12(10)15/h3,5,7,9H,4,6,8,14H2,1-2H3/t9-/m1/s1. The van der Waals surface area contributed by atoms with Gasteiger partial charge < -0.3 is 15.4 Å². The van der Waals surface area contributed by atoms with Crippen molar-refractivity contribution in [1.82, 2.24) is 0 Å². The van der Waals surface area contributed by atoms with Gasteiger partial charge >= 0.3 is 0 Å². The second kappa shape index (κ2) is 4.75. The lowest BCUT2D eigenvalue weighted by molar-refractivity contribution is -0.119. The number of carbonyl (C=O) groups excluding carboxylic acids is 1. The molecule has 0 bridgehead atoms. The molecule has 0 fully saturated rings. The highest BCUT2D eigenvalue weighted by Gasteiger charge is 2.27. The fourth-order valence-corrected chi connectivity index (χ4v) is 2.25. The molecule has 1 aliphatic rings. The van der Waals surface area contributed by atoms with Crippen LogP contribution in [0.2, 0.25) is 0 Å². The number of para-hydroxylation sites is 1. The molecular weight excluding hydrogens is 216 g/mol. The van der Waals surface area contributed by atoms with Gasteiger partial charge in [0, 0.05) is 6.54 Å². The molecule has 4 heteroatoms. The zero-order chi connectivity index (χ0) is 12.4. The van der Waals surface area contributed by atoms with Crippen LogP contribution in [0.1, 0.15) is 18.9 Å². The van der Waals surface area contributed by atoms with Crippen molar-refractivity contribution in [2.45, 2.75) is 25.8 Å². The van der Waals surface area contributed by atoms with Gasteiger partial charge in [-0.1, -0.05) is 12.1 Å². The lowest BCUT2D eigenvalue weighted by Gasteiger charge is -2.31. The van der Waals surface area contributed by atoms with Gasteiger partial charge in [-0.05, 0) is 31.4 Å². The van der Waals surface area contributed by atoms with Gasteiger partial charge in [0.25, 0.3) is 0 Å². The van der Waals surface area contributed by atoms with Gasteiger partial charge in [-0.2, -0.15) is 0 Å². The predicted molar refractivity (Wildman–Crippen MR) is 67.3 cm³/mol. The summed E-state index contributed by atoms with van der Waals surface area (Å²) < 4.78 is 5.34. The van der Waals surface area contributed by atoms with Crippen molar-refractivity contribution in [3.8, 4) is 5.75 Å². The molecule has 0 unspecified atom stereocenters. The van der Waals surface area contributed by atoms with Crippen LogP contribution in [-0.4, -0.2) is 25.6 Å². The first kappa shape index (κ1) is 11.9. The molecule has 1 amide bonds. The van der Waals surface area contributed by atoms with E-state index in [4.69, 9.17) is 10.5 Å². The van der Waals surface area contributed by atoms with Crippen molar-refractivity contribution >= 4 is 11.6 Å². The van der Waals surface area contributed by atoms with Crippen LogP contribution in [0, 0.1) is 0 Å². The van der Waals surface area contributed by atoms with Crippen LogP contribution in [0.4, 0.5) is 5.69 Å². The summed E-state index contributed by atoms with van der Waals surface area (Å²) in [6.45, 7) is 2.43. The van der Waals surface area contributed by atoms with Crippen molar-refractivity contribution < 1.29 is 9.53 Å². The molecule has 0 saturated carbocycles. The molecule has 1 atom stereocenters. The van der Waals surface area contributed by atoms with Gasteiger partial charge in [-0.3, -0.25) is 4.79 Å². The number of fused-ring (bicyclic) bond motifs is 1. The molecule has 17 heavy (non-hydrogen) atoms. The summed E-state index contributed by atoms with van der Waals surface area (Å²) in [6, 6.07) is 5.40. The Bertz CT molecular complexity index is 415. The van der Waals surface area contributed by atoms with Crippen LogP contribution in [0.15, 0.2) is 18.2 Å². The molecule has 1 aromatic carbocycles. The van der Waals surface area contributed by atoms with Gasteiger partial charge in [0.1, 0.15) is 5.75 Å². The number of rotatable bonds is 2. The topological polar surface area (TPSA) is 55.6 Å². The largest absolute Gasteiger partial charge is 0.495 e. The first-order valence-corrected chi connectivity index (χ1v) is 5.88. The average molecular weight is 234 g/mol. The number of ether oxygens (including phenoxy) is 1. The first-order chi connectivity index (χ1) is 8.15. The molecule has 2 rings (SSSR count). The molecule has 2 N–H and O–H groups in total. The minimum Gasteiger partial charge on any atom is -0.495 e. The van der Waals surface area contributed by atoms with Crippen molar-refractivity contribution in [3.05, 3.63) is 23.8 Å². The number of nitrogens with two attached hydrogens (primary N) is 1. The zero-order valence-electron chi connectivity index (χ0n) is 10.3. The van der Waals surface area contributed by atoms with E-state index >= 15 is 0 Å². The van der Waals surface area contributed by atoms with E-state index in [-0.39, 0.29) is 5.91 Å². The SMILES string of the molecule is COc1cccc2c1N(C(=O)[C@@H](C)N)CCC2. The Labute approximate surface area is 101 Å². The summed E-state index contributed by atoms with van der Waals surface area (Å²) in [5, 5.41) is 0. The highest BCUT2D eigenvalue weighted by molar-refractivity contribution is 5.99. The Morgan fingerprint density at radius 3 is 2.94 bits per heavy atom. The molecule has 1 heterocycles. The highest BCUT2D eigenvalue weighted by atomic mass is 16.5. The normalized spacial score (nSPS) is 16.3. The number of nitrogens with zero attached hydrogens (tertiary/aromatic N) is 1. The van der Waals surface area contributed by atoms with Crippen molar-refractivity contribution in [2.24, 2.45) is 5.73 Å². The second-order valence-electron chi connectivity index (χ2n) is 4.35. The first-order valence-electron chi connectivity index (χ1n) is 5.88. The Kier molecular flexibility index (Phi) is 3.33. The maximum atomic E-state index is 12.1. The number of anilines is 1. The lowest BCUT2D eigenvalue weighted by Crippen LogP contribution is -2.44. The van der Waals surface area contributed by atoms with Crippen LogP contribution in [-0.2, 0) is 11.2 Å². The molecule has 0 spiro atoms. The summed E-state index contributed by atoms with van der Waals surface area (Å²) >= 11 is 0. The molecular formula is C13H18N2O2. The molecule has 1 aromatic rings. The van der Waals surface area contributed by atoms with Crippen LogP contribution in [0.25, 0.3) is 0 Å². The summed E-state index contributed by atoms with van der Waals surface area (Å²) in [7, 11) is 1.62. The van der Waals surface area contributed by atoms with E-state index in [9.17, 15) is 4.79 Å². The van der Waals surface area contributed by atoms with E-state index in [1.54, 1.807) is 18.9 Å². The quantitative estimate of drug-likeness (QED) is 0.839. The van der Waals surface area contributed by atoms with E-state index in [1.165, 1.54) is 0 Å². The Balaban J connectivity index is 2.45. The molecule has 1 aliphatic heterocycles. The number of hydrogen-bond acceptors (Lipinski definition) is 3. The summed E-state index contributed by atoms with van der Waals surface area (Å²) in [6.07, 6.45) is 1.95. The number of benzene rings is 1. The number of hydrogen-bond donors (Lipinski definition) is 1. The maximum Gasteiger partial charge on any atom is 0.243 e. The Hall–Kier alpha value is -1.55. The van der Waals surface area contributed by atoms with Gasteiger partial charge in [-0.15, -0.1) is 0 Å². The summed E-state index contributed by atoms with van der Waals surface area (Å²) in [4.78, 5) is 13.8. The maximum absolute atomic E-state index is 12.1. The minimum atomic E-state index is -0.481. The van der Waals surface area contributed by atoms with E-state index < -0.39 is 6.04 Å². The van der Waals surface area contributed by atoms with Crippen molar-refractivity contribution in [1.29, 1.82) is 0 Å². The molecule has 92 valence electrons. The van der Waals surface area contributed by atoms with Gasteiger partial charge in [0.2, 0.25) is 5.91 Å². The molecule has 0 saturated heterocycles. The van der Waals surface area contributed by atoms with Gasteiger partial charge in [0.05, 0.1) is 18.8 Å². The fraction of sp³-hybridized carbons (Fsp3) is 0.462. The monoisotopic (exact) mass is 234 g/mol. The molecule has 0 aliphatic carbocycles. The molecule has 0 aromatic heterocycles. The average Bonchev–Trinajstić information content (AvgIpc) is 2.36. The third-order valence-corrected chi connectivity index (χ3v) is 3.06. The third kappa shape index (κ3) is 2.13. The Morgan fingerprint density at radius 2 is 2.29 bits per heavy atom. The summed E-state index contributed by atoms with van der Waals surface area (Å²) in [5.41, 5.74) is 7.73. The predicted octanol–water partition coefficient (Wildman–Crippen LogP) is 1.32. The third-order valence-electron chi connectivity index (χ3n) is 3.06. The second-order valence-corrected chi connectivity index (χ2v) is 4.35. The highest BCUT2D eigenvalue weighted by Crippen LogP contribution is 2.36. The lowest BCUT2D eigenvalue weighted by atomic mass is 10.0. The Morgan fingerprint density at radius 1 is 1.53 bits per heavy atom. The number of amides is 1. The van der Waals surface area contributed by atoms with E-state index in [0.29, 0.717) is 6.54 Å². The van der Waals surface area contributed by atoms with Crippen molar-refractivity contribution in [3.63, 3.8) is 0 Å². The van der Waals surface area contributed by atoms with E-state index in [0.717, 1.165) is 29.8 Å². The van der Waals surface area contributed by atoms with Gasteiger partial charge in [0.15, 0.2) is 0 Å². The van der Waals surface area contributed by atoms with Crippen LogP contribution >= 0.6 is 0 Å². The molecule has 0 radical (unpaired) electrons. The fourth-order valence-electron chi connectivity index (χ4n) is 2.25. The zero-order valence-corrected chi connectivity index (χ0v) is 10.3. The summed E-state index contributed by atoms with van der Waals surface area (Å²) in [5.74, 6) is 0.701.